The summed E-state index contributed by atoms with van der Waals surface area (Å²) in [7, 11) is -3.62. The molecule has 2 aliphatic rings. The summed E-state index contributed by atoms with van der Waals surface area (Å²) in [6, 6.07) is 7.04. The quantitative estimate of drug-likeness (QED) is 0.560. The van der Waals surface area contributed by atoms with Crippen molar-refractivity contribution in [2.45, 2.75) is 36.9 Å². The molecule has 10 heteroatoms. The van der Waals surface area contributed by atoms with Crippen LogP contribution in [-0.4, -0.2) is 67.3 Å². The van der Waals surface area contributed by atoms with Crippen LogP contribution in [0.2, 0.25) is 0 Å². The second kappa shape index (κ2) is 8.40. The number of carbonyl (C=O) groups is 1. The first-order valence-corrected chi connectivity index (χ1v) is 13.9. The van der Waals surface area contributed by atoms with Crippen molar-refractivity contribution in [3.05, 3.63) is 40.8 Å². The summed E-state index contributed by atoms with van der Waals surface area (Å²) in [6.45, 7) is 7.17. The molecule has 1 aromatic carbocycles. The number of aromatic nitrogens is 1. The number of thiophene rings is 1. The summed E-state index contributed by atoms with van der Waals surface area (Å²) in [5, 5.41) is 2.74. The van der Waals surface area contributed by atoms with Gasteiger partial charge in [0.05, 0.1) is 10.2 Å². The van der Waals surface area contributed by atoms with Gasteiger partial charge < -0.3 is 9.80 Å². The van der Waals surface area contributed by atoms with Crippen LogP contribution in [0.1, 0.15) is 24.0 Å². The predicted molar refractivity (Wildman–Crippen MR) is 129 cm³/mol. The van der Waals surface area contributed by atoms with Gasteiger partial charge in [-0.25, -0.2) is 13.4 Å². The van der Waals surface area contributed by atoms with E-state index >= 15 is 0 Å². The number of fused-ring (bicyclic) bond motifs is 1. The minimum atomic E-state index is -3.62. The van der Waals surface area contributed by atoms with Crippen LogP contribution in [0.25, 0.3) is 10.2 Å². The number of hydrogen-bond acceptors (Lipinski definition) is 7. The van der Waals surface area contributed by atoms with Crippen molar-refractivity contribution >= 4 is 54.0 Å². The summed E-state index contributed by atoms with van der Waals surface area (Å²) in [5.41, 5.74) is 3.48. The van der Waals surface area contributed by atoms with Gasteiger partial charge in [0.1, 0.15) is 10.3 Å². The van der Waals surface area contributed by atoms with E-state index in [1.54, 1.807) is 28.8 Å². The number of amides is 1. The van der Waals surface area contributed by atoms with Crippen molar-refractivity contribution in [1.82, 2.24) is 14.2 Å². The maximum absolute atomic E-state index is 13.3. The second-order valence-electron chi connectivity index (χ2n) is 8.44. The van der Waals surface area contributed by atoms with Crippen LogP contribution in [0.15, 0.2) is 33.9 Å². The minimum absolute atomic E-state index is 0.0712. The Kier molecular flexibility index (Phi) is 5.73. The van der Waals surface area contributed by atoms with Gasteiger partial charge in [0.2, 0.25) is 5.91 Å². The van der Waals surface area contributed by atoms with Crippen molar-refractivity contribution in [3.63, 3.8) is 0 Å². The lowest BCUT2D eigenvalue weighted by atomic mass is 10.1. The Labute approximate surface area is 196 Å². The van der Waals surface area contributed by atoms with Crippen LogP contribution in [-0.2, 0) is 14.8 Å². The van der Waals surface area contributed by atoms with Gasteiger partial charge in [-0.3, -0.25) is 4.79 Å². The highest BCUT2D eigenvalue weighted by Crippen LogP contribution is 2.33. The molecule has 1 atom stereocenters. The van der Waals surface area contributed by atoms with Gasteiger partial charge in [-0.2, -0.15) is 4.31 Å². The molecular weight excluding hydrogens is 464 g/mol. The highest BCUT2D eigenvalue weighted by Gasteiger charge is 2.42. The highest BCUT2D eigenvalue weighted by atomic mass is 32.2. The largest absolute Gasteiger partial charge is 0.345 e. The van der Waals surface area contributed by atoms with E-state index in [0.717, 1.165) is 10.6 Å². The topological polar surface area (TPSA) is 73.8 Å². The molecule has 2 aromatic heterocycles. The smallest absolute Gasteiger partial charge is 0.253 e. The molecule has 170 valence electrons. The van der Waals surface area contributed by atoms with E-state index in [-0.39, 0.29) is 5.91 Å². The summed E-state index contributed by atoms with van der Waals surface area (Å²) < 4.78 is 29.0. The number of benzene rings is 1. The normalized spacial score (nSPS) is 20.4. The molecule has 7 nitrogen and oxygen atoms in total. The maximum atomic E-state index is 13.3. The molecule has 2 aliphatic heterocycles. The van der Waals surface area contributed by atoms with Gasteiger partial charge in [-0.1, -0.05) is 23.5 Å². The number of piperazine rings is 1. The minimum Gasteiger partial charge on any atom is -0.345 e. The first-order valence-electron chi connectivity index (χ1n) is 10.8. The number of carbonyl (C=O) groups excluding carboxylic acids is 1. The van der Waals surface area contributed by atoms with Gasteiger partial charge in [0, 0.05) is 32.7 Å². The monoisotopic (exact) mass is 490 g/mol. The number of nitrogens with zero attached hydrogens (tertiary/aromatic N) is 4. The zero-order valence-corrected chi connectivity index (χ0v) is 20.6. The lowest BCUT2D eigenvalue weighted by molar-refractivity contribution is -0.134. The zero-order chi connectivity index (χ0) is 22.5. The van der Waals surface area contributed by atoms with Crippen LogP contribution in [0, 0.1) is 13.8 Å². The maximum Gasteiger partial charge on any atom is 0.253 e. The number of hydrogen-bond donors (Lipinski definition) is 0. The van der Waals surface area contributed by atoms with Crippen LogP contribution in [0.5, 0.6) is 0 Å². The lowest BCUT2D eigenvalue weighted by Crippen LogP contribution is -2.54. The van der Waals surface area contributed by atoms with Crippen molar-refractivity contribution in [2.24, 2.45) is 0 Å². The summed E-state index contributed by atoms with van der Waals surface area (Å²) in [5.74, 6) is -0.0712. The molecule has 32 heavy (non-hydrogen) atoms. The van der Waals surface area contributed by atoms with E-state index in [0.29, 0.717) is 49.8 Å². The molecule has 1 amide bonds. The van der Waals surface area contributed by atoms with Gasteiger partial charge in [-0.15, -0.1) is 11.3 Å². The number of thiazole rings is 1. The van der Waals surface area contributed by atoms with Crippen molar-refractivity contribution in [3.8, 4) is 0 Å². The van der Waals surface area contributed by atoms with E-state index in [9.17, 15) is 13.2 Å². The molecule has 5 rings (SSSR count). The lowest BCUT2D eigenvalue weighted by Gasteiger charge is -2.37. The highest BCUT2D eigenvalue weighted by molar-refractivity contribution is 7.91. The third-order valence-corrected chi connectivity index (χ3v) is 10.8. The SMILES string of the molecule is Cc1cc(C)c2sc(N3CCN(C(=O)C4CCCN4S(=O)(=O)c4cccs4)CC3)nc2c1. The number of anilines is 1. The standard InChI is InChI=1S/C22H26N4O3S3/c1-15-13-16(2)20-17(14-15)23-22(31-20)25-10-8-24(9-11-25)21(27)18-5-3-7-26(18)32(28,29)19-6-4-12-30-19/h4,6,12-14,18H,3,5,7-11H2,1-2H3. The molecule has 0 saturated carbocycles. The predicted octanol–water partition coefficient (Wildman–Crippen LogP) is 3.48. The Morgan fingerprint density at radius 2 is 1.91 bits per heavy atom. The third-order valence-electron chi connectivity index (χ3n) is 6.22. The fraction of sp³-hybridized carbons (Fsp3) is 0.455. The molecule has 4 heterocycles. The van der Waals surface area contributed by atoms with Crippen molar-refractivity contribution in [2.75, 3.05) is 37.6 Å². The number of aryl methyl sites for hydroxylation is 2. The van der Waals surface area contributed by atoms with E-state index in [1.165, 1.54) is 31.5 Å². The molecule has 0 N–H and O–H groups in total. The van der Waals surface area contributed by atoms with Gasteiger partial charge in [-0.05, 0) is 55.3 Å². The Bertz CT molecular complexity index is 1240. The molecule has 2 fully saturated rings. The fourth-order valence-electron chi connectivity index (χ4n) is 4.63. The molecular formula is C22H26N4O3S3. The number of rotatable bonds is 4. The third kappa shape index (κ3) is 3.83. The van der Waals surface area contributed by atoms with Gasteiger partial charge in [0.15, 0.2) is 5.13 Å². The molecule has 3 aromatic rings. The first-order chi connectivity index (χ1) is 15.3. The molecule has 2 saturated heterocycles. The molecule has 1 unspecified atom stereocenters. The van der Waals surface area contributed by atoms with E-state index in [1.807, 2.05) is 4.90 Å². The first kappa shape index (κ1) is 21.8. The average molecular weight is 491 g/mol. The van der Waals surface area contributed by atoms with Crippen LogP contribution in [0.4, 0.5) is 5.13 Å². The summed E-state index contributed by atoms with van der Waals surface area (Å²) in [4.78, 5) is 22.2. The Hall–Kier alpha value is -2.01. The number of sulfonamides is 1. The molecule has 0 radical (unpaired) electrons. The Morgan fingerprint density at radius 3 is 2.62 bits per heavy atom. The zero-order valence-electron chi connectivity index (χ0n) is 18.2. The molecule has 0 aliphatic carbocycles. The average Bonchev–Trinajstić information content (AvgIpc) is 3.53. The Balaban J connectivity index is 1.28. The van der Waals surface area contributed by atoms with Crippen LogP contribution in [0.3, 0.4) is 0 Å². The van der Waals surface area contributed by atoms with E-state index in [4.69, 9.17) is 4.98 Å². The Morgan fingerprint density at radius 1 is 1.12 bits per heavy atom. The van der Waals surface area contributed by atoms with Crippen LogP contribution < -0.4 is 4.90 Å². The summed E-state index contributed by atoms with van der Waals surface area (Å²) >= 11 is 2.90. The van der Waals surface area contributed by atoms with Crippen molar-refractivity contribution < 1.29 is 13.2 Å². The summed E-state index contributed by atoms with van der Waals surface area (Å²) in [6.07, 6.45) is 1.30. The molecule has 0 bridgehead atoms. The van der Waals surface area contributed by atoms with E-state index < -0.39 is 16.1 Å². The van der Waals surface area contributed by atoms with Gasteiger partial charge in [0.25, 0.3) is 10.0 Å². The molecule has 0 spiro atoms. The second-order valence-corrected chi connectivity index (χ2v) is 12.5. The van der Waals surface area contributed by atoms with Crippen LogP contribution >= 0.6 is 22.7 Å². The van der Waals surface area contributed by atoms with Gasteiger partial charge >= 0.3 is 0 Å². The van der Waals surface area contributed by atoms with E-state index in [2.05, 4.69) is 30.9 Å². The fourth-order valence-corrected chi connectivity index (χ4v) is 8.47. The van der Waals surface area contributed by atoms with Crippen molar-refractivity contribution in [1.29, 1.82) is 0 Å².